The summed E-state index contributed by atoms with van der Waals surface area (Å²) in [4.78, 5) is 12.4. The second-order valence-electron chi connectivity index (χ2n) is 6.26. The fourth-order valence-corrected chi connectivity index (χ4v) is 2.89. The zero-order valence-electron chi connectivity index (χ0n) is 14.1. The second-order valence-corrected chi connectivity index (χ2v) is 6.26. The van der Waals surface area contributed by atoms with Crippen LogP contribution in [0.15, 0.2) is 30.5 Å². The van der Waals surface area contributed by atoms with Crippen molar-refractivity contribution in [3.8, 4) is 5.69 Å². The van der Waals surface area contributed by atoms with Crippen LogP contribution in [0.4, 0.5) is 13.2 Å². The molecule has 1 aliphatic carbocycles. The van der Waals surface area contributed by atoms with E-state index in [2.05, 4.69) is 10.4 Å². The van der Waals surface area contributed by atoms with Crippen LogP contribution in [-0.2, 0) is 6.18 Å². The standard InChI is InChI=1S/C17H19F3N4O.ClH/c1-10-4-2-3-5-14(10)24-15(17(18,19)20)12(9-22-24)16(25)23-13(8-21)11-6-7-11;/h2-5,9,11,13H,6-8,21H2,1H3,(H,23,25);1H. The molecule has 1 aromatic carbocycles. The average molecular weight is 389 g/mol. The first-order chi connectivity index (χ1) is 11.8. The van der Waals surface area contributed by atoms with Gasteiger partial charge >= 0.3 is 6.18 Å². The predicted molar refractivity (Wildman–Crippen MR) is 93.6 cm³/mol. The Morgan fingerprint density at radius 2 is 2.04 bits per heavy atom. The van der Waals surface area contributed by atoms with Gasteiger partial charge in [-0.2, -0.15) is 18.3 Å². The van der Waals surface area contributed by atoms with Gasteiger partial charge in [-0.1, -0.05) is 18.2 Å². The minimum atomic E-state index is -4.72. The van der Waals surface area contributed by atoms with Crippen molar-refractivity contribution in [3.63, 3.8) is 0 Å². The van der Waals surface area contributed by atoms with Crippen LogP contribution >= 0.6 is 12.4 Å². The van der Waals surface area contributed by atoms with Crippen LogP contribution < -0.4 is 11.1 Å². The van der Waals surface area contributed by atoms with E-state index in [4.69, 9.17) is 5.73 Å². The lowest BCUT2D eigenvalue weighted by atomic mass is 10.1. The van der Waals surface area contributed by atoms with Crippen LogP contribution in [0.2, 0.25) is 0 Å². The lowest BCUT2D eigenvalue weighted by Gasteiger charge is -2.17. The first-order valence-electron chi connectivity index (χ1n) is 8.05. The van der Waals surface area contributed by atoms with E-state index in [9.17, 15) is 18.0 Å². The van der Waals surface area contributed by atoms with Crippen molar-refractivity contribution in [2.75, 3.05) is 6.54 Å². The number of rotatable bonds is 5. The van der Waals surface area contributed by atoms with Gasteiger partial charge in [-0.05, 0) is 37.3 Å². The van der Waals surface area contributed by atoms with Crippen molar-refractivity contribution in [3.05, 3.63) is 47.3 Å². The number of hydrogen-bond acceptors (Lipinski definition) is 3. The van der Waals surface area contributed by atoms with E-state index in [1.807, 2.05) is 0 Å². The summed E-state index contributed by atoms with van der Waals surface area (Å²) in [6, 6.07) is 6.27. The molecule has 2 aromatic rings. The van der Waals surface area contributed by atoms with Crippen LogP contribution in [-0.4, -0.2) is 28.3 Å². The molecule has 0 saturated heterocycles. The molecule has 0 bridgehead atoms. The minimum absolute atomic E-state index is 0. The third-order valence-electron chi connectivity index (χ3n) is 4.39. The number of aromatic nitrogens is 2. The van der Waals surface area contributed by atoms with Gasteiger partial charge < -0.3 is 11.1 Å². The van der Waals surface area contributed by atoms with Gasteiger partial charge in [-0.15, -0.1) is 12.4 Å². The van der Waals surface area contributed by atoms with E-state index in [1.165, 1.54) is 6.07 Å². The van der Waals surface area contributed by atoms with Crippen LogP contribution in [0.5, 0.6) is 0 Å². The molecule has 1 heterocycles. The fourth-order valence-electron chi connectivity index (χ4n) is 2.89. The van der Waals surface area contributed by atoms with E-state index in [0.29, 0.717) is 5.56 Å². The molecule has 1 amide bonds. The van der Waals surface area contributed by atoms with E-state index in [1.54, 1.807) is 25.1 Å². The molecule has 1 fully saturated rings. The molecule has 0 spiro atoms. The summed E-state index contributed by atoms with van der Waals surface area (Å²) in [7, 11) is 0. The molecule has 1 aliphatic rings. The number of aryl methyl sites for hydroxylation is 1. The molecule has 5 nitrogen and oxygen atoms in total. The Hall–Kier alpha value is -2.06. The summed E-state index contributed by atoms with van der Waals surface area (Å²) in [5.74, 6) is -0.552. The maximum Gasteiger partial charge on any atom is 0.434 e. The molecule has 3 rings (SSSR count). The van der Waals surface area contributed by atoms with Gasteiger partial charge in [-0.25, -0.2) is 4.68 Å². The van der Waals surface area contributed by atoms with Crippen LogP contribution in [0.25, 0.3) is 5.69 Å². The summed E-state index contributed by atoms with van der Waals surface area (Å²) in [6.07, 6.45) is -1.90. The fraction of sp³-hybridized carbons (Fsp3) is 0.412. The molecule has 3 N–H and O–H groups in total. The van der Waals surface area contributed by atoms with Crippen LogP contribution in [0.3, 0.4) is 0 Å². The number of alkyl halides is 3. The highest BCUT2D eigenvalue weighted by Crippen LogP contribution is 2.35. The number of benzene rings is 1. The number of para-hydroxylation sites is 1. The van der Waals surface area contributed by atoms with Crippen molar-refractivity contribution < 1.29 is 18.0 Å². The summed E-state index contributed by atoms with van der Waals surface area (Å²) in [5, 5.41) is 6.45. The Kier molecular flexibility index (Phi) is 5.98. The number of hydrogen-bond donors (Lipinski definition) is 2. The number of nitrogens with one attached hydrogen (secondary N) is 1. The average Bonchev–Trinajstić information content (AvgIpc) is 3.29. The molecular formula is C17H20ClF3N4O. The van der Waals surface area contributed by atoms with E-state index in [-0.39, 0.29) is 36.6 Å². The van der Waals surface area contributed by atoms with Crippen molar-refractivity contribution in [2.24, 2.45) is 11.7 Å². The monoisotopic (exact) mass is 388 g/mol. The zero-order valence-corrected chi connectivity index (χ0v) is 14.9. The largest absolute Gasteiger partial charge is 0.434 e. The molecule has 1 atom stereocenters. The Bertz CT molecular complexity index is 787. The van der Waals surface area contributed by atoms with Gasteiger partial charge in [0.25, 0.3) is 5.91 Å². The molecule has 26 heavy (non-hydrogen) atoms. The highest BCUT2D eigenvalue weighted by molar-refractivity contribution is 5.95. The second kappa shape index (κ2) is 7.67. The Balaban J connectivity index is 0.00000243. The van der Waals surface area contributed by atoms with E-state index < -0.39 is 23.3 Å². The molecule has 142 valence electrons. The summed E-state index contributed by atoms with van der Waals surface area (Å²) >= 11 is 0. The third-order valence-corrected chi connectivity index (χ3v) is 4.39. The van der Waals surface area contributed by atoms with Crippen molar-refractivity contribution >= 4 is 18.3 Å². The third kappa shape index (κ3) is 4.02. The molecule has 0 aliphatic heterocycles. The maximum atomic E-state index is 13.6. The van der Waals surface area contributed by atoms with Gasteiger partial charge in [0, 0.05) is 12.6 Å². The van der Waals surface area contributed by atoms with Crippen molar-refractivity contribution in [2.45, 2.75) is 32.0 Å². The van der Waals surface area contributed by atoms with Crippen molar-refractivity contribution in [1.29, 1.82) is 0 Å². The van der Waals surface area contributed by atoms with Gasteiger partial charge in [0.1, 0.15) is 0 Å². The smallest absolute Gasteiger partial charge is 0.348 e. The number of halogens is 4. The quantitative estimate of drug-likeness (QED) is 0.826. The zero-order chi connectivity index (χ0) is 18.2. The number of amides is 1. The van der Waals surface area contributed by atoms with Crippen LogP contribution in [0.1, 0.15) is 34.5 Å². The molecule has 9 heteroatoms. The first kappa shape index (κ1) is 20.3. The highest BCUT2D eigenvalue weighted by atomic mass is 35.5. The lowest BCUT2D eigenvalue weighted by Crippen LogP contribution is -2.42. The Labute approximate surface area is 155 Å². The normalized spacial score (nSPS) is 15.3. The number of carbonyl (C=O) groups is 1. The van der Waals surface area contributed by atoms with E-state index >= 15 is 0 Å². The topological polar surface area (TPSA) is 72.9 Å². The first-order valence-corrected chi connectivity index (χ1v) is 8.05. The maximum absolute atomic E-state index is 13.6. The SMILES string of the molecule is Cc1ccccc1-n1ncc(C(=O)NC(CN)C2CC2)c1C(F)(F)F.Cl. The number of carbonyl (C=O) groups excluding carboxylic acids is 1. The number of nitrogens with two attached hydrogens (primary N) is 1. The molecule has 1 saturated carbocycles. The van der Waals surface area contributed by atoms with Gasteiger partial charge in [0.05, 0.1) is 17.4 Å². The summed E-state index contributed by atoms with van der Waals surface area (Å²) in [6.45, 7) is 1.89. The van der Waals surface area contributed by atoms with Gasteiger partial charge in [0.2, 0.25) is 0 Å². The highest BCUT2D eigenvalue weighted by Gasteiger charge is 2.41. The molecular weight excluding hydrogens is 369 g/mol. The summed E-state index contributed by atoms with van der Waals surface area (Å²) in [5.41, 5.74) is 4.96. The lowest BCUT2D eigenvalue weighted by molar-refractivity contribution is -0.143. The molecule has 0 radical (unpaired) electrons. The van der Waals surface area contributed by atoms with Crippen molar-refractivity contribution in [1.82, 2.24) is 15.1 Å². The molecule has 1 aromatic heterocycles. The van der Waals surface area contributed by atoms with Gasteiger partial charge in [-0.3, -0.25) is 4.79 Å². The Morgan fingerprint density at radius 3 is 2.58 bits per heavy atom. The Morgan fingerprint density at radius 1 is 1.38 bits per heavy atom. The predicted octanol–water partition coefficient (Wildman–Crippen LogP) is 3.09. The summed E-state index contributed by atoms with van der Waals surface area (Å²) < 4.78 is 41.7. The number of nitrogens with zero attached hydrogens (tertiary/aromatic N) is 2. The van der Waals surface area contributed by atoms with Gasteiger partial charge in [0.15, 0.2) is 5.69 Å². The van der Waals surface area contributed by atoms with Crippen LogP contribution in [0, 0.1) is 12.8 Å². The van der Waals surface area contributed by atoms with E-state index in [0.717, 1.165) is 23.7 Å². The molecule has 1 unspecified atom stereocenters. The minimum Gasteiger partial charge on any atom is -0.348 e.